The molecule has 2 rings (SSSR count). The summed E-state index contributed by atoms with van der Waals surface area (Å²) in [6.07, 6.45) is 2.10. The van der Waals surface area contributed by atoms with Crippen molar-refractivity contribution >= 4 is 0 Å². The van der Waals surface area contributed by atoms with Crippen LogP contribution in [-0.2, 0) is 13.2 Å². The lowest BCUT2D eigenvalue weighted by Gasteiger charge is -2.31. The van der Waals surface area contributed by atoms with Crippen LogP contribution in [0, 0.1) is 5.92 Å². The van der Waals surface area contributed by atoms with Gasteiger partial charge in [-0.25, -0.2) is 8.78 Å². The minimum atomic E-state index is -2.54. The summed E-state index contributed by atoms with van der Waals surface area (Å²) in [6.45, 7) is 0.593. The van der Waals surface area contributed by atoms with E-state index < -0.39 is 11.8 Å². The van der Waals surface area contributed by atoms with E-state index in [2.05, 4.69) is 5.32 Å². The van der Waals surface area contributed by atoms with Crippen LogP contribution in [0.1, 0.15) is 37.2 Å². The fourth-order valence-electron chi connectivity index (χ4n) is 2.39. The molecule has 0 radical (unpaired) electrons. The zero-order chi connectivity index (χ0) is 13.0. The van der Waals surface area contributed by atoms with Gasteiger partial charge in [-0.15, -0.1) is 0 Å². The third kappa shape index (κ3) is 3.29. The van der Waals surface area contributed by atoms with Gasteiger partial charge in [0.05, 0.1) is 6.54 Å². The maximum atomic E-state index is 13.6. The molecule has 0 spiro atoms. The average molecular weight is 259 g/mol. The van der Waals surface area contributed by atoms with Crippen molar-refractivity contribution in [3.63, 3.8) is 0 Å². The molecule has 5 heteroatoms. The Balaban J connectivity index is 1.77. The number of aliphatic hydroxyl groups is 1. The first-order valence-corrected chi connectivity index (χ1v) is 6.39. The highest BCUT2D eigenvalue weighted by molar-refractivity contribution is 5.06. The van der Waals surface area contributed by atoms with Crippen LogP contribution < -0.4 is 5.32 Å². The summed E-state index contributed by atoms with van der Waals surface area (Å²) >= 11 is 0. The Labute approximate surface area is 105 Å². The van der Waals surface area contributed by atoms with Gasteiger partial charge in [0.25, 0.3) is 5.92 Å². The molecule has 2 N–H and O–H groups in total. The number of hydrogen-bond acceptors (Lipinski definition) is 3. The van der Waals surface area contributed by atoms with E-state index in [1.165, 1.54) is 0 Å². The molecule has 0 saturated heterocycles. The number of furan rings is 1. The predicted octanol–water partition coefficient (Wildman–Crippen LogP) is 2.69. The molecule has 0 amide bonds. The molecule has 1 aliphatic rings. The molecule has 0 aromatic carbocycles. The van der Waals surface area contributed by atoms with Gasteiger partial charge in [-0.05, 0) is 25.0 Å². The van der Waals surface area contributed by atoms with E-state index in [9.17, 15) is 8.78 Å². The number of rotatable bonds is 5. The number of nitrogens with one attached hydrogen (secondary N) is 1. The first-order valence-electron chi connectivity index (χ1n) is 6.39. The molecular weight excluding hydrogens is 240 g/mol. The fraction of sp³-hybridized carbons (Fsp3) is 0.692. The second-order valence-electron chi connectivity index (χ2n) is 4.86. The Kier molecular flexibility index (Phi) is 4.35. The highest BCUT2D eigenvalue weighted by Crippen LogP contribution is 2.37. The number of aliphatic hydroxyl groups excluding tert-OH is 1. The molecule has 1 unspecified atom stereocenters. The summed E-state index contributed by atoms with van der Waals surface area (Å²) in [5, 5.41) is 11.8. The van der Waals surface area contributed by atoms with Gasteiger partial charge in [0.15, 0.2) is 0 Å². The average Bonchev–Trinajstić information content (AvgIpc) is 2.79. The van der Waals surface area contributed by atoms with Crippen LogP contribution in [-0.4, -0.2) is 17.6 Å². The zero-order valence-electron chi connectivity index (χ0n) is 10.3. The van der Waals surface area contributed by atoms with Crippen LogP contribution in [0.3, 0.4) is 0 Å². The van der Waals surface area contributed by atoms with Crippen molar-refractivity contribution in [2.75, 3.05) is 6.54 Å². The van der Waals surface area contributed by atoms with Crippen molar-refractivity contribution in [1.29, 1.82) is 0 Å². The van der Waals surface area contributed by atoms with Crippen LogP contribution in [0.4, 0.5) is 8.78 Å². The van der Waals surface area contributed by atoms with Gasteiger partial charge in [0, 0.05) is 18.9 Å². The third-order valence-corrected chi connectivity index (χ3v) is 3.47. The minimum Gasteiger partial charge on any atom is -0.462 e. The summed E-state index contributed by atoms with van der Waals surface area (Å²) in [7, 11) is 0. The molecule has 1 fully saturated rings. The van der Waals surface area contributed by atoms with Crippen molar-refractivity contribution in [1.82, 2.24) is 5.32 Å². The molecule has 0 aliphatic heterocycles. The first kappa shape index (κ1) is 13.5. The summed E-state index contributed by atoms with van der Waals surface area (Å²) in [6, 6.07) is 3.43. The molecule has 102 valence electrons. The quantitative estimate of drug-likeness (QED) is 0.854. The monoisotopic (exact) mass is 259 g/mol. The second-order valence-corrected chi connectivity index (χ2v) is 4.86. The first-order chi connectivity index (χ1) is 8.62. The molecule has 1 aliphatic carbocycles. The lowest BCUT2D eigenvalue weighted by atomic mass is 9.85. The van der Waals surface area contributed by atoms with Crippen LogP contribution >= 0.6 is 0 Å². The zero-order valence-corrected chi connectivity index (χ0v) is 10.3. The maximum absolute atomic E-state index is 13.6. The molecule has 1 saturated carbocycles. The van der Waals surface area contributed by atoms with Gasteiger partial charge >= 0.3 is 0 Å². The van der Waals surface area contributed by atoms with Crippen LogP contribution in [0.2, 0.25) is 0 Å². The molecular formula is C13H19F2NO2. The predicted molar refractivity (Wildman–Crippen MR) is 63.2 cm³/mol. The Morgan fingerprint density at radius 1 is 1.33 bits per heavy atom. The molecule has 0 bridgehead atoms. The van der Waals surface area contributed by atoms with E-state index in [-0.39, 0.29) is 13.0 Å². The minimum absolute atomic E-state index is 0.00869. The van der Waals surface area contributed by atoms with E-state index in [1.807, 2.05) is 0 Å². The van der Waals surface area contributed by atoms with Crippen LogP contribution in [0.25, 0.3) is 0 Å². The molecule has 1 aromatic rings. The topological polar surface area (TPSA) is 45.4 Å². The lowest BCUT2D eigenvalue weighted by Crippen LogP contribution is -2.38. The van der Waals surface area contributed by atoms with Crippen molar-refractivity contribution < 1.29 is 18.3 Å². The molecule has 1 atom stereocenters. The summed E-state index contributed by atoms with van der Waals surface area (Å²) in [5.74, 6) is -1.95. The van der Waals surface area contributed by atoms with Crippen LogP contribution in [0.5, 0.6) is 0 Å². The highest BCUT2D eigenvalue weighted by atomic mass is 19.3. The Morgan fingerprint density at radius 3 is 2.78 bits per heavy atom. The van der Waals surface area contributed by atoms with Crippen LogP contribution in [0.15, 0.2) is 16.5 Å². The Hall–Kier alpha value is -0.940. The summed E-state index contributed by atoms with van der Waals surface area (Å²) in [5.41, 5.74) is 0. The normalized spacial score (nSPS) is 23.2. The Morgan fingerprint density at radius 2 is 2.11 bits per heavy atom. The maximum Gasteiger partial charge on any atom is 0.252 e. The Bertz CT molecular complexity index is 379. The van der Waals surface area contributed by atoms with Crippen molar-refractivity contribution in [2.24, 2.45) is 5.92 Å². The van der Waals surface area contributed by atoms with Crippen molar-refractivity contribution in [3.8, 4) is 0 Å². The molecule has 18 heavy (non-hydrogen) atoms. The summed E-state index contributed by atoms with van der Waals surface area (Å²) in [4.78, 5) is 0. The third-order valence-electron chi connectivity index (χ3n) is 3.47. The van der Waals surface area contributed by atoms with Gasteiger partial charge < -0.3 is 14.8 Å². The van der Waals surface area contributed by atoms with Crippen molar-refractivity contribution in [2.45, 2.75) is 44.8 Å². The largest absolute Gasteiger partial charge is 0.462 e. The second kappa shape index (κ2) is 5.80. The molecule has 1 heterocycles. The highest BCUT2D eigenvalue weighted by Gasteiger charge is 2.40. The standard InChI is InChI=1S/C13H19F2NO2/c14-13(15)6-2-1-3-10(13)7-16-8-11-4-5-12(9-17)18-11/h4-5,10,16-17H,1-3,6-9H2. The van der Waals surface area contributed by atoms with E-state index in [0.29, 0.717) is 37.5 Å². The van der Waals surface area contributed by atoms with E-state index in [1.54, 1.807) is 12.1 Å². The summed E-state index contributed by atoms with van der Waals surface area (Å²) < 4.78 is 32.4. The number of hydrogen-bond donors (Lipinski definition) is 2. The van der Waals surface area contributed by atoms with Gasteiger partial charge in [0.2, 0.25) is 0 Å². The molecule has 1 aromatic heterocycles. The fourth-order valence-corrected chi connectivity index (χ4v) is 2.39. The molecule has 3 nitrogen and oxygen atoms in total. The number of alkyl halides is 2. The van der Waals surface area contributed by atoms with Gasteiger partial charge in [-0.3, -0.25) is 0 Å². The van der Waals surface area contributed by atoms with Gasteiger partial charge in [0.1, 0.15) is 18.1 Å². The van der Waals surface area contributed by atoms with E-state index in [4.69, 9.17) is 9.52 Å². The van der Waals surface area contributed by atoms with E-state index >= 15 is 0 Å². The van der Waals surface area contributed by atoms with Gasteiger partial charge in [-0.1, -0.05) is 6.42 Å². The SMILES string of the molecule is OCc1ccc(CNCC2CCCCC2(F)F)o1. The van der Waals surface area contributed by atoms with E-state index in [0.717, 1.165) is 6.42 Å². The van der Waals surface area contributed by atoms with Crippen molar-refractivity contribution in [3.05, 3.63) is 23.7 Å². The van der Waals surface area contributed by atoms with Gasteiger partial charge in [-0.2, -0.15) is 0 Å². The lowest BCUT2D eigenvalue weighted by molar-refractivity contribution is -0.0844. The smallest absolute Gasteiger partial charge is 0.252 e. The number of halogens is 2.